The van der Waals surface area contributed by atoms with Crippen LogP contribution < -0.4 is 10.5 Å². The van der Waals surface area contributed by atoms with E-state index in [2.05, 4.69) is 5.32 Å². The monoisotopic (exact) mass is 298 g/mol. The first-order valence-corrected chi connectivity index (χ1v) is 8.39. The van der Waals surface area contributed by atoms with Gasteiger partial charge in [0.25, 0.3) is 0 Å². The molecule has 1 saturated carbocycles. The van der Waals surface area contributed by atoms with Crippen LogP contribution in [0.25, 0.3) is 0 Å². The van der Waals surface area contributed by atoms with Crippen molar-refractivity contribution >= 4 is 15.7 Å². The van der Waals surface area contributed by atoms with Gasteiger partial charge in [-0.15, -0.1) is 0 Å². The van der Waals surface area contributed by atoms with Gasteiger partial charge in [-0.2, -0.15) is 0 Å². The first-order chi connectivity index (χ1) is 9.41. The minimum atomic E-state index is -3.69. The highest BCUT2D eigenvalue weighted by atomic mass is 32.2. The van der Waals surface area contributed by atoms with Crippen LogP contribution in [0.4, 0.5) is 5.69 Å². The number of benzene rings is 1. The number of methoxy groups -OCH3 is 1. The van der Waals surface area contributed by atoms with Crippen LogP contribution in [0, 0.1) is 6.92 Å². The first kappa shape index (κ1) is 15.3. The number of nitrogens with one attached hydrogen (secondary N) is 1. The zero-order chi connectivity index (χ0) is 14.8. The van der Waals surface area contributed by atoms with E-state index in [1.807, 2.05) is 6.07 Å². The summed E-state index contributed by atoms with van der Waals surface area (Å²) < 4.78 is 28.6. The lowest BCUT2D eigenvalue weighted by atomic mass is 9.92. The number of ether oxygens (including phenoxy) is 1. The fraction of sp³-hybridized carbons (Fsp3) is 0.571. The first-order valence-electron chi connectivity index (χ1n) is 6.84. The van der Waals surface area contributed by atoms with Gasteiger partial charge < -0.3 is 10.1 Å². The molecular formula is C14H22N2O3S. The summed E-state index contributed by atoms with van der Waals surface area (Å²) >= 11 is 0. The number of aryl methyl sites for hydroxylation is 1. The van der Waals surface area contributed by atoms with Crippen molar-refractivity contribution in [2.24, 2.45) is 5.14 Å². The largest absolute Gasteiger partial charge is 0.380 e. The Labute approximate surface area is 120 Å². The Morgan fingerprint density at radius 2 is 2.00 bits per heavy atom. The summed E-state index contributed by atoms with van der Waals surface area (Å²) in [7, 11) is -1.97. The normalized spacial score (nSPS) is 23.6. The number of anilines is 1. The Hall–Kier alpha value is -1.11. The van der Waals surface area contributed by atoms with E-state index < -0.39 is 10.0 Å². The van der Waals surface area contributed by atoms with Crippen LogP contribution in [-0.2, 0) is 14.8 Å². The van der Waals surface area contributed by atoms with Crippen molar-refractivity contribution in [1.29, 1.82) is 0 Å². The minimum absolute atomic E-state index is 0.169. The number of rotatable bonds is 4. The Bertz CT molecular complexity index is 572. The topological polar surface area (TPSA) is 81.4 Å². The molecule has 1 aromatic rings. The van der Waals surface area contributed by atoms with E-state index in [0.29, 0.717) is 5.56 Å². The molecule has 0 amide bonds. The van der Waals surface area contributed by atoms with E-state index in [1.54, 1.807) is 26.2 Å². The van der Waals surface area contributed by atoms with Gasteiger partial charge in [0.2, 0.25) is 10.0 Å². The molecule has 2 rings (SSSR count). The standard InChI is InChI=1S/C14H22N2O3S/c1-10-7-8-11(9-14(10)20(15,17)18)16-12-5-3-4-6-13(12)19-2/h7-9,12-13,16H,3-6H2,1-2H3,(H2,15,17,18). The van der Waals surface area contributed by atoms with E-state index >= 15 is 0 Å². The summed E-state index contributed by atoms with van der Waals surface area (Å²) in [4.78, 5) is 0.173. The number of hydrogen-bond acceptors (Lipinski definition) is 4. The quantitative estimate of drug-likeness (QED) is 0.891. The third kappa shape index (κ3) is 3.50. The van der Waals surface area contributed by atoms with Gasteiger partial charge in [0.05, 0.1) is 17.0 Å². The Morgan fingerprint density at radius 1 is 1.30 bits per heavy atom. The van der Waals surface area contributed by atoms with Crippen LogP contribution >= 0.6 is 0 Å². The van der Waals surface area contributed by atoms with E-state index in [9.17, 15) is 8.42 Å². The van der Waals surface area contributed by atoms with Crippen molar-refractivity contribution in [3.63, 3.8) is 0 Å². The molecule has 0 spiro atoms. The molecule has 2 atom stereocenters. The average molecular weight is 298 g/mol. The zero-order valence-corrected chi connectivity index (χ0v) is 12.7. The smallest absolute Gasteiger partial charge is 0.238 e. The molecule has 2 unspecified atom stereocenters. The van der Waals surface area contributed by atoms with Crippen molar-refractivity contribution in [1.82, 2.24) is 0 Å². The Morgan fingerprint density at radius 3 is 2.65 bits per heavy atom. The summed E-state index contributed by atoms with van der Waals surface area (Å²) in [6.45, 7) is 1.74. The second-order valence-corrected chi connectivity index (χ2v) is 6.86. The van der Waals surface area contributed by atoms with Gasteiger partial charge in [0.15, 0.2) is 0 Å². The molecule has 112 valence electrons. The molecule has 0 saturated heterocycles. The minimum Gasteiger partial charge on any atom is -0.380 e. The molecular weight excluding hydrogens is 276 g/mol. The number of hydrogen-bond donors (Lipinski definition) is 2. The predicted octanol–water partition coefficient (Wildman–Crippen LogP) is 2.01. The van der Waals surface area contributed by atoms with Crippen LogP contribution in [0.2, 0.25) is 0 Å². The molecule has 1 aromatic carbocycles. The number of primary sulfonamides is 1. The van der Waals surface area contributed by atoms with Crippen LogP contribution in [0.15, 0.2) is 23.1 Å². The highest BCUT2D eigenvalue weighted by molar-refractivity contribution is 7.89. The molecule has 0 bridgehead atoms. The second-order valence-electron chi connectivity index (χ2n) is 5.33. The van der Waals surface area contributed by atoms with E-state index in [0.717, 1.165) is 24.9 Å². The molecule has 0 radical (unpaired) electrons. The van der Waals surface area contributed by atoms with Gasteiger partial charge in [0.1, 0.15) is 0 Å². The molecule has 3 N–H and O–H groups in total. The molecule has 0 heterocycles. The van der Waals surface area contributed by atoms with Crippen LogP contribution in [0.1, 0.15) is 31.2 Å². The van der Waals surface area contributed by atoms with Crippen LogP contribution in [-0.4, -0.2) is 27.7 Å². The summed E-state index contributed by atoms with van der Waals surface area (Å²) in [5.41, 5.74) is 1.43. The Balaban J connectivity index is 2.21. The fourth-order valence-electron chi connectivity index (χ4n) is 2.75. The highest BCUT2D eigenvalue weighted by Gasteiger charge is 2.25. The SMILES string of the molecule is COC1CCCCC1Nc1ccc(C)c(S(N)(=O)=O)c1. The predicted molar refractivity (Wildman–Crippen MR) is 79.2 cm³/mol. The second kappa shape index (κ2) is 6.11. The average Bonchev–Trinajstić information content (AvgIpc) is 2.40. The van der Waals surface area contributed by atoms with E-state index in [-0.39, 0.29) is 17.0 Å². The van der Waals surface area contributed by atoms with Crippen LogP contribution in [0.3, 0.4) is 0 Å². The van der Waals surface area contributed by atoms with E-state index in [4.69, 9.17) is 9.88 Å². The van der Waals surface area contributed by atoms with E-state index in [1.165, 1.54) is 6.42 Å². The van der Waals surface area contributed by atoms with Gasteiger partial charge in [0, 0.05) is 12.8 Å². The third-order valence-electron chi connectivity index (χ3n) is 3.85. The fourth-order valence-corrected chi connectivity index (χ4v) is 3.56. The molecule has 1 aliphatic carbocycles. The number of sulfonamides is 1. The lowest BCUT2D eigenvalue weighted by molar-refractivity contribution is 0.0606. The number of nitrogens with two attached hydrogens (primary N) is 1. The van der Waals surface area contributed by atoms with Gasteiger partial charge in [-0.1, -0.05) is 18.9 Å². The highest BCUT2D eigenvalue weighted by Crippen LogP contribution is 2.26. The molecule has 5 nitrogen and oxygen atoms in total. The maximum Gasteiger partial charge on any atom is 0.238 e. The summed E-state index contributed by atoms with van der Waals surface area (Å²) in [5.74, 6) is 0. The molecule has 0 aromatic heterocycles. The van der Waals surface area contributed by atoms with Crippen molar-refractivity contribution in [3.05, 3.63) is 23.8 Å². The molecule has 1 aliphatic rings. The van der Waals surface area contributed by atoms with Crippen LogP contribution in [0.5, 0.6) is 0 Å². The van der Waals surface area contributed by atoms with Gasteiger partial charge in [-0.3, -0.25) is 0 Å². The van der Waals surface area contributed by atoms with Crippen molar-refractivity contribution in [3.8, 4) is 0 Å². The van der Waals surface area contributed by atoms with Crippen molar-refractivity contribution in [2.75, 3.05) is 12.4 Å². The maximum atomic E-state index is 11.5. The molecule has 6 heteroatoms. The van der Waals surface area contributed by atoms with Gasteiger partial charge in [-0.25, -0.2) is 13.6 Å². The lowest BCUT2D eigenvalue weighted by Crippen LogP contribution is -2.37. The third-order valence-corrected chi connectivity index (χ3v) is 4.90. The van der Waals surface area contributed by atoms with Crippen molar-refractivity contribution < 1.29 is 13.2 Å². The van der Waals surface area contributed by atoms with Crippen molar-refractivity contribution in [2.45, 2.75) is 49.6 Å². The summed E-state index contributed by atoms with van der Waals surface area (Å²) in [6, 6.07) is 5.47. The Kier molecular flexibility index (Phi) is 4.67. The molecule has 0 aliphatic heterocycles. The van der Waals surface area contributed by atoms with Gasteiger partial charge >= 0.3 is 0 Å². The lowest BCUT2D eigenvalue weighted by Gasteiger charge is -2.32. The van der Waals surface area contributed by atoms with Gasteiger partial charge in [-0.05, 0) is 37.5 Å². The zero-order valence-electron chi connectivity index (χ0n) is 11.9. The summed E-state index contributed by atoms with van der Waals surface area (Å²) in [5, 5.41) is 8.61. The maximum absolute atomic E-state index is 11.5. The molecule has 1 fully saturated rings. The summed E-state index contributed by atoms with van der Waals surface area (Å²) in [6.07, 6.45) is 4.56. The molecule has 20 heavy (non-hydrogen) atoms.